The van der Waals surface area contributed by atoms with Crippen molar-refractivity contribution in [2.24, 2.45) is 5.92 Å². The molecule has 7 heteroatoms. The number of rotatable bonds is 4. The minimum absolute atomic E-state index is 0.0385. The van der Waals surface area contributed by atoms with Crippen molar-refractivity contribution in [2.45, 2.75) is 26.4 Å². The van der Waals surface area contributed by atoms with Gasteiger partial charge in [0.1, 0.15) is 0 Å². The highest BCUT2D eigenvalue weighted by Gasteiger charge is 2.28. The fraction of sp³-hybridized carbons (Fsp3) is 0.471. The van der Waals surface area contributed by atoms with E-state index in [4.69, 9.17) is 17.0 Å². The Labute approximate surface area is 146 Å². The molecule has 1 aliphatic heterocycles. The number of nitrogens with one attached hydrogen (secondary N) is 2. The van der Waals surface area contributed by atoms with Gasteiger partial charge in [-0.3, -0.25) is 9.89 Å². The average molecular weight is 347 g/mol. The van der Waals surface area contributed by atoms with Crippen molar-refractivity contribution in [1.29, 1.82) is 0 Å². The Hall–Kier alpha value is -1.99. The van der Waals surface area contributed by atoms with Crippen LogP contribution < -0.4 is 4.90 Å². The topological polar surface area (TPSA) is 64.3 Å². The molecule has 0 radical (unpaired) electrons. The second kappa shape index (κ2) is 7.27. The zero-order valence-corrected chi connectivity index (χ0v) is 14.9. The molecule has 0 aliphatic carbocycles. The van der Waals surface area contributed by atoms with Crippen molar-refractivity contribution < 1.29 is 14.4 Å². The quantitative estimate of drug-likeness (QED) is 0.647. The normalized spacial score (nSPS) is 20.8. The van der Waals surface area contributed by atoms with Crippen LogP contribution in [0.3, 0.4) is 0 Å². The number of esters is 1. The van der Waals surface area contributed by atoms with E-state index in [1.807, 2.05) is 16.8 Å². The Morgan fingerprint density at radius 2 is 2.04 bits per heavy atom. The third-order valence-electron chi connectivity index (χ3n) is 4.61. The number of hydrogen-bond donors (Lipinski definition) is 2. The van der Waals surface area contributed by atoms with E-state index in [9.17, 15) is 4.79 Å². The first-order chi connectivity index (χ1) is 11.6. The van der Waals surface area contributed by atoms with E-state index in [0.29, 0.717) is 4.77 Å². The number of hydrogen-bond acceptors (Lipinski definition) is 4. The predicted molar refractivity (Wildman–Crippen MR) is 93.0 cm³/mol. The summed E-state index contributed by atoms with van der Waals surface area (Å²) in [6, 6.07) is 8.21. The third-order valence-corrected chi connectivity index (χ3v) is 4.92. The fourth-order valence-corrected chi connectivity index (χ4v) is 3.32. The first kappa shape index (κ1) is 16.9. The first-order valence-electron chi connectivity index (χ1n) is 8.22. The molecule has 0 saturated carbocycles. The Balaban J connectivity index is 1.65. The number of ether oxygens (including phenoxy) is 1. The van der Waals surface area contributed by atoms with Crippen molar-refractivity contribution >= 4 is 18.2 Å². The lowest BCUT2D eigenvalue weighted by Crippen LogP contribution is -3.12. The van der Waals surface area contributed by atoms with Crippen LogP contribution in [0.25, 0.3) is 11.4 Å². The van der Waals surface area contributed by atoms with Crippen LogP contribution in [0.15, 0.2) is 24.3 Å². The SMILES string of the molecule is COC(=O)C1CC[NH+](Cn2[nH]c(-c3ccc(C)cc3)nc2=S)CC1. The maximum Gasteiger partial charge on any atom is 0.309 e. The van der Waals surface area contributed by atoms with E-state index < -0.39 is 0 Å². The Morgan fingerprint density at radius 1 is 1.38 bits per heavy atom. The molecule has 0 spiro atoms. The van der Waals surface area contributed by atoms with Crippen molar-refractivity contribution in [3.8, 4) is 11.4 Å². The molecule has 2 N–H and O–H groups in total. The molecular weight excluding hydrogens is 324 g/mol. The minimum Gasteiger partial charge on any atom is -0.469 e. The van der Waals surface area contributed by atoms with Gasteiger partial charge >= 0.3 is 5.97 Å². The summed E-state index contributed by atoms with van der Waals surface area (Å²) in [6.07, 6.45) is 1.71. The maximum atomic E-state index is 11.6. The molecule has 128 valence electrons. The number of quaternary nitrogens is 1. The number of piperidine rings is 1. The zero-order valence-electron chi connectivity index (χ0n) is 14.0. The van der Waals surface area contributed by atoms with Crippen molar-refractivity contribution in [3.05, 3.63) is 34.6 Å². The van der Waals surface area contributed by atoms with Gasteiger partial charge in [0, 0.05) is 18.4 Å². The molecule has 0 atom stereocenters. The lowest BCUT2D eigenvalue weighted by atomic mass is 9.97. The van der Waals surface area contributed by atoms with E-state index in [2.05, 4.69) is 29.1 Å². The summed E-state index contributed by atoms with van der Waals surface area (Å²) in [4.78, 5) is 17.5. The van der Waals surface area contributed by atoms with Gasteiger partial charge < -0.3 is 9.64 Å². The molecule has 0 amide bonds. The smallest absolute Gasteiger partial charge is 0.309 e. The van der Waals surface area contributed by atoms with E-state index in [1.165, 1.54) is 17.6 Å². The van der Waals surface area contributed by atoms with Crippen LogP contribution in [0.4, 0.5) is 0 Å². The molecule has 0 unspecified atom stereocenters. The van der Waals surface area contributed by atoms with E-state index >= 15 is 0 Å². The van der Waals surface area contributed by atoms with Crippen LogP contribution in [0, 0.1) is 17.6 Å². The Morgan fingerprint density at radius 3 is 2.67 bits per heavy atom. The van der Waals surface area contributed by atoms with E-state index in [1.54, 1.807) is 0 Å². The number of aryl methyl sites for hydroxylation is 1. The number of methoxy groups -OCH3 is 1. The van der Waals surface area contributed by atoms with Crippen LogP contribution in [-0.4, -0.2) is 40.9 Å². The lowest BCUT2D eigenvalue weighted by molar-refractivity contribution is -0.929. The van der Waals surface area contributed by atoms with Gasteiger partial charge in [-0.2, -0.15) is 4.98 Å². The van der Waals surface area contributed by atoms with Crippen LogP contribution in [0.2, 0.25) is 0 Å². The van der Waals surface area contributed by atoms with Gasteiger partial charge in [0.2, 0.25) is 4.77 Å². The Bertz CT molecular complexity index is 758. The number of nitrogens with zero attached hydrogens (tertiary/aromatic N) is 2. The molecule has 3 rings (SSSR count). The van der Waals surface area contributed by atoms with E-state index in [-0.39, 0.29) is 11.9 Å². The number of H-pyrrole nitrogens is 1. The molecule has 6 nitrogen and oxygen atoms in total. The predicted octanol–water partition coefficient (Wildman–Crippen LogP) is 1.34. The summed E-state index contributed by atoms with van der Waals surface area (Å²) in [6.45, 7) is 4.67. The summed E-state index contributed by atoms with van der Waals surface area (Å²) < 4.78 is 7.31. The number of carbonyl (C=O) groups excluding carboxylic acids is 1. The van der Waals surface area contributed by atoms with Gasteiger partial charge in [0.15, 0.2) is 12.5 Å². The highest BCUT2D eigenvalue weighted by atomic mass is 32.1. The summed E-state index contributed by atoms with van der Waals surface area (Å²) in [5.41, 5.74) is 2.25. The zero-order chi connectivity index (χ0) is 17.1. The number of aromatic nitrogens is 3. The summed E-state index contributed by atoms with van der Waals surface area (Å²) in [5, 5.41) is 3.30. The number of carbonyl (C=O) groups is 1. The number of likely N-dealkylation sites (tertiary alicyclic amines) is 1. The molecule has 1 fully saturated rings. The summed E-state index contributed by atoms with van der Waals surface area (Å²) in [5.74, 6) is 0.745. The first-order valence-corrected chi connectivity index (χ1v) is 8.63. The van der Waals surface area contributed by atoms with Crippen molar-refractivity contribution in [2.75, 3.05) is 20.2 Å². The number of benzene rings is 1. The lowest BCUT2D eigenvalue weighted by Gasteiger charge is -2.27. The standard InChI is InChI=1S/C17H22N4O2S/c1-12-3-5-13(6-4-12)15-18-17(24)21(19-15)11-20-9-7-14(8-10-20)16(22)23-2/h3-6,14H,7-11H2,1-2H3,(H,18,19,24)/p+1. The van der Waals surface area contributed by atoms with Crippen molar-refractivity contribution in [1.82, 2.24) is 14.8 Å². The van der Waals surface area contributed by atoms with Gasteiger partial charge in [-0.25, -0.2) is 4.68 Å². The molecule has 0 bridgehead atoms. The van der Waals surface area contributed by atoms with Crippen LogP contribution >= 0.6 is 12.2 Å². The number of aromatic amines is 1. The molecule has 1 aromatic carbocycles. The second-order valence-corrected chi connectivity index (χ2v) is 6.72. The average Bonchev–Trinajstić information content (AvgIpc) is 2.96. The molecule has 1 aromatic heterocycles. The van der Waals surface area contributed by atoms with Gasteiger partial charge in [0.05, 0.1) is 26.1 Å². The fourth-order valence-electron chi connectivity index (χ4n) is 3.11. The molecule has 1 saturated heterocycles. The molecule has 2 aromatic rings. The van der Waals surface area contributed by atoms with Crippen molar-refractivity contribution in [3.63, 3.8) is 0 Å². The third kappa shape index (κ3) is 3.73. The summed E-state index contributed by atoms with van der Waals surface area (Å²) >= 11 is 5.38. The molecule has 2 heterocycles. The van der Waals surface area contributed by atoms with Crippen LogP contribution in [0.5, 0.6) is 0 Å². The van der Waals surface area contributed by atoms with Gasteiger partial charge in [-0.05, 0) is 19.1 Å². The largest absolute Gasteiger partial charge is 0.469 e. The highest BCUT2D eigenvalue weighted by Crippen LogP contribution is 2.15. The maximum absolute atomic E-state index is 11.6. The van der Waals surface area contributed by atoms with Gasteiger partial charge in [-0.1, -0.05) is 29.8 Å². The molecule has 1 aliphatic rings. The Kier molecular flexibility index (Phi) is 5.11. The van der Waals surface area contributed by atoms with Gasteiger partial charge in [-0.15, -0.1) is 0 Å². The van der Waals surface area contributed by atoms with E-state index in [0.717, 1.165) is 44.0 Å². The monoisotopic (exact) mass is 347 g/mol. The van der Waals surface area contributed by atoms with Crippen LogP contribution in [-0.2, 0) is 16.2 Å². The summed E-state index contributed by atoms with van der Waals surface area (Å²) in [7, 11) is 1.46. The van der Waals surface area contributed by atoms with Gasteiger partial charge in [0.25, 0.3) is 0 Å². The molecule has 24 heavy (non-hydrogen) atoms. The highest BCUT2D eigenvalue weighted by molar-refractivity contribution is 7.71. The second-order valence-electron chi connectivity index (χ2n) is 6.35. The molecular formula is C17H23N4O2S+. The minimum atomic E-state index is -0.0890. The van der Waals surface area contributed by atoms with Crippen LogP contribution in [0.1, 0.15) is 18.4 Å².